The van der Waals surface area contributed by atoms with Gasteiger partial charge < -0.3 is 10.2 Å². The fraction of sp³-hybridized carbons (Fsp3) is 0.560. The summed E-state index contributed by atoms with van der Waals surface area (Å²) in [5.74, 6) is 0.712. The van der Waals surface area contributed by atoms with E-state index < -0.39 is 0 Å². The zero-order chi connectivity index (χ0) is 23.3. The first-order chi connectivity index (χ1) is 14.4. The maximum atomic E-state index is 13.0. The first kappa shape index (κ1) is 24.6. The molecule has 0 atom stereocenters. The number of benzene rings is 1. The van der Waals surface area contributed by atoms with E-state index in [1.807, 2.05) is 51.1 Å². The van der Waals surface area contributed by atoms with Gasteiger partial charge >= 0.3 is 0 Å². The van der Waals surface area contributed by atoms with Crippen molar-refractivity contribution < 1.29 is 9.59 Å². The zero-order valence-corrected chi connectivity index (χ0v) is 20.3. The molecule has 0 fully saturated rings. The lowest BCUT2D eigenvalue weighted by atomic mass is 9.92. The Balaban J connectivity index is 2.31. The average Bonchev–Trinajstić information content (AvgIpc) is 3.08. The van der Waals surface area contributed by atoms with E-state index in [4.69, 9.17) is 5.10 Å². The Morgan fingerprint density at radius 2 is 1.77 bits per heavy atom. The van der Waals surface area contributed by atoms with Gasteiger partial charge in [0.15, 0.2) is 0 Å². The van der Waals surface area contributed by atoms with Crippen molar-refractivity contribution in [3.63, 3.8) is 0 Å². The van der Waals surface area contributed by atoms with Crippen molar-refractivity contribution in [1.29, 1.82) is 0 Å². The van der Waals surface area contributed by atoms with Gasteiger partial charge in [-0.15, -0.1) is 0 Å². The molecule has 1 aromatic carbocycles. The van der Waals surface area contributed by atoms with Crippen LogP contribution in [0.25, 0.3) is 5.69 Å². The molecule has 6 nitrogen and oxygen atoms in total. The number of anilines is 1. The molecular weight excluding hydrogens is 388 g/mol. The van der Waals surface area contributed by atoms with Gasteiger partial charge in [0.1, 0.15) is 5.82 Å². The molecule has 1 aromatic heterocycles. The summed E-state index contributed by atoms with van der Waals surface area (Å²) < 4.78 is 1.79. The van der Waals surface area contributed by atoms with Crippen molar-refractivity contribution >= 4 is 17.6 Å². The molecular formula is C25H38N4O2. The number of carbonyl (C=O) groups excluding carboxylic acids is 2. The minimum Gasteiger partial charge on any atom is -0.333 e. The predicted molar refractivity (Wildman–Crippen MR) is 127 cm³/mol. The molecule has 0 bridgehead atoms. The van der Waals surface area contributed by atoms with Crippen LogP contribution in [-0.2, 0) is 15.0 Å². The molecule has 2 amide bonds. The highest BCUT2D eigenvalue weighted by Gasteiger charge is 2.24. The van der Waals surface area contributed by atoms with Gasteiger partial charge in [-0.25, -0.2) is 4.68 Å². The van der Waals surface area contributed by atoms with E-state index >= 15 is 0 Å². The standard InChI is InChI=1S/C25H38N4O2/c1-17(2)13-14-28(24(31)18(3)4)16-23(30)26-22-15-21(25(6,7)8)27-29(22)20-12-10-9-11-19(20)5/h9-12,15,17-18H,13-14,16H2,1-8H3,(H,26,30). The summed E-state index contributed by atoms with van der Waals surface area (Å²) in [5, 5.41) is 7.80. The maximum absolute atomic E-state index is 13.0. The first-order valence-electron chi connectivity index (χ1n) is 11.1. The van der Waals surface area contributed by atoms with E-state index in [9.17, 15) is 9.59 Å². The van der Waals surface area contributed by atoms with E-state index in [2.05, 4.69) is 39.9 Å². The first-order valence-corrected chi connectivity index (χ1v) is 11.1. The molecule has 1 heterocycles. The molecule has 0 aliphatic rings. The Bertz CT molecular complexity index is 906. The second-order valence-corrected chi connectivity index (χ2v) is 10.0. The smallest absolute Gasteiger partial charge is 0.245 e. The topological polar surface area (TPSA) is 67.2 Å². The van der Waals surface area contributed by atoms with E-state index in [1.165, 1.54) is 0 Å². The van der Waals surface area contributed by atoms with Crippen molar-refractivity contribution in [1.82, 2.24) is 14.7 Å². The highest BCUT2D eigenvalue weighted by Crippen LogP contribution is 2.27. The molecule has 2 rings (SSSR count). The van der Waals surface area contributed by atoms with Crippen LogP contribution in [0.15, 0.2) is 30.3 Å². The van der Waals surface area contributed by atoms with Gasteiger partial charge in [0.2, 0.25) is 11.8 Å². The van der Waals surface area contributed by atoms with E-state index in [0.717, 1.165) is 23.4 Å². The average molecular weight is 427 g/mol. The van der Waals surface area contributed by atoms with E-state index in [-0.39, 0.29) is 29.7 Å². The lowest BCUT2D eigenvalue weighted by Gasteiger charge is -2.25. The molecule has 31 heavy (non-hydrogen) atoms. The summed E-state index contributed by atoms with van der Waals surface area (Å²) in [6.45, 7) is 16.9. The van der Waals surface area contributed by atoms with Crippen LogP contribution in [0.1, 0.15) is 66.1 Å². The van der Waals surface area contributed by atoms with Gasteiger partial charge in [-0.3, -0.25) is 9.59 Å². The fourth-order valence-electron chi connectivity index (χ4n) is 3.22. The predicted octanol–water partition coefficient (Wildman–Crippen LogP) is 4.95. The highest BCUT2D eigenvalue weighted by molar-refractivity contribution is 5.94. The summed E-state index contributed by atoms with van der Waals surface area (Å²) in [4.78, 5) is 27.3. The minimum absolute atomic E-state index is 0.00130. The lowest BCUT2D eigenvalue weighted by molar-refractivity contribution is -0.137. The van der Waals surface area contributed by atoms with Crippen molar-refractivity contribution in [3.05, 3.63) is 41.6 Å². The number of hydrogen-bond donors (Lipinski definition) is 1. The van der Waals surface area contributed by atoms with Crippen molar-refractivity contribution in [2.45, 2.75) is 67.2 Å². The molecule has 0 saturated heterocycles. The summed E-state index contributed by atoms with van der Waals surface area (Å²) in [7, 11) is 0. The third-order valence-corrected chi connectivity index (χ3v) is 5.21. The van der Waals surface area contributed by atoms with Crippen LogP contribution in [0.2, 0.25) is 0 Å². The van der Waals surface area contributed by atoms with Crippen molar-refractivity contribution in [2.75, 3.05) is 18.4 Å². The van der Waals surface area contributed by atoms with Crippen LogP contribution < -0.4 is 5.32 Å². The van der Waals surface area contributed by atoms with Gasteiger partial charge in [-0.2, -0.15) is 5.10 Å². The van der Waals surface area contributed by atoms with Crippen LogP contribution in [0, 0.1) is 18.8 Å². The monoisotopic (exact) mass is 426 g/mol. The number of para-hydroxylation sites is 1. The molecule has 0 aliphatic heterocycles. The second-order valence-electron chi connectivity index (χ2n) is 10.0. The number of aryl methyl sites for hydroxylation is 1. The van der Waals surface area contributed by atoms with Crippen LogP contribution in [0.4, 0.5) is 5.82 Å². The van der Waals surface area contributed by atoms with Crippen molar-refractivity contribution in [2.24, 2.45) is 11.8 Å². The van der Waals surface area contributed by atoms with Crippen molar-refractivity contribution in [3.8, 4) is 5.69 Å². The molecule has 0 unspecified atom stereocenters. The summed E-state index contributed by atoms with van der Waals surface area (Å²) in [6, 6.07) is 9.87. The molecule has 0 spiro atoms. The Kier molecular flexibility index (Phi) is 8.04. The number of aromatic nitrogens is 2. The normalized spacial score (nSPS) is 11.8. The Morgan fingerprint density at radius 1 is 1.13 bits per heavy atom. The molecule has 2 aromatic rings. The van der Waals surface area contributed by atoms with Crippen LogP contribution in [0.5, 0.6) is 0 Å². The Labute approximate surface area is 187 Å². The number of rotatable bonds is 8. The van der Waals surface area contributed by atoms with Crippen LogP contribution >= 0.6 is 0 Å². The van der Waals surface area contributed by atoms with Crippen LogP contribution in [0.3, 0.4) is 0 Å². The minimum atomic E-state index is -0.215. The van der Waals surface area contributed by atoms with Gasteiger partial charge in [0.05, 0.1) is 17.9 Å². The second kappa shape index (κ2) is 10.1. The fourth-order valence-corrected chi connectivity index (χ4v) is 3.22. The summed E-state index contributed by atoms with van der Waals surface area (Å²) >= 11 is 0. The summed E-state index contributed by atoms with van der Waals surface area (Å²) in [6.07, 6.45) is 0.862. The van der Waals surface area contributed by atoms with Gasteiger partial charge in [0.25, 0.3) is 0 Å². The van der Waals surface area contributed by atoms with E-state index in [1.54, 1.807) is 9.58 Å². The Morgan fingerprint density at radius 3 is 2.32 bits per heavy atom. The van der Waals surface area contributed by atoms with Gasteiger partial charge in [-0.05, 0) is 30.9 Å². The molecule has 170 valence electrons. The molecule has 0 saturated carbocycles. The third kappa shape index (κ3) is 6.68. The number of hydrogen-bond acceptors (Lipinski definition) is 3. The Hall–Kier alpha value is -2.63. The third-order valence-electron chi connectivity index (χ3n) is 5.21. The number of amides is 2. The van der Waals surface area contributed by atoms with Gasteiger partial charge in [0, 0.05) is 23.9 Å². The summed E-state index contributed by atoms with van der Waals surface area (Å²) in [5.41, 5.74) is 2.71. The van der Waals surface area contributed by atoms with Crippen LogP contribution in [-0.4, -0.2) is 39.6 Å². The highest BCUT2D eigenvalue weighted by atomic mass is 16.2. The zero-order valence-electron chi connectivity index (χ0n) is 20.3. The van der Waals surface area contributed by atoms with E-state index in [0.29, 0.717) is 18.3 Å². The molecule has 0 aliphatic carbocycles. The molecule has 1 N–H and O–H groups in total. The molecule has 0 radical (unpaired) electrons. The maximum Gasteiger partial charge on any atom is 0.245 e. The SMILES string of the molecule is Cc1ccccc1-n1nc(C(C)(C)C)cc1NC(=O)CN(CCC(C)C)C(=O)C(C)C. The lowest BCUT2D eigenvalue weighted by Crippen LogP contribution is -2.41. The largest absolute Gasteiger partial charge is 0.333 e. The number of carbonyl (C=O) groups is 2. The number of nitrogens with zero attached hydrogens (tertiary/aromatic N) is 3. The molecule has 6 heteroatoms. The number of nitrogens with one attached hydrogen (secondary N) is 1. The quantitative estimate of drug-likeness (QED) is 0.650. The van der Waals surface area contributed by atoms with Gasteiger partial charge in [-0.1, -0.05) is 66.7 Å².